The van der Waals surface area contributed by atoms with Crippen LogP contribution in [-0.4, -0.2) is 76.0 Å². The summed E-state index contributed by atoms with van der Waals surface area (Å²) in [5.41, 5.74) is 4.61. The van der Waals surface area contributed by atoms with E-state index >= 15 is 0 Å². The summed E-state index contributed by atoms with van der Waals surface area (Å²) in [7, 11) is 0. The van der Waals surface area contributed by atoms with Gasteiger partial charge in [-0.1, -0.05) is 61.3 Å². The maximum atomic E-state index is 14.2. The Labute approximate surface area is 264 Å². The molecule has 6 N–H and O–H groups in total. The van der Waals surface area contributed by atoms with E-state index in [2.05, 4.69) is 16.0 Å². The molecule has 45 heavy (non-hydrogen) atoms. The number of carbonyl (C=O) groups is 6. The molecule has 1 aromatic rings. The molecule has 0 aromatic heterocycles. The van der Waals surface area contributed by atoms with Crippen molar-refractivity contribution in [2.24, 2.45) is 40.2 Å². The third kappa shape index (κ3) is 7.31. The minimum Gasteiger partial charge on any atom is -0.508 e. The molecular formula is C33H47N5O7. The molecule has 1 unspecified atom stereocenters. The lowest BCUT2D eigenvalue weighted by atomic mass is 9.85. The second-order valence-corrected chi connectivity index (χ2v) is 14.9. The number of hydrogen-bond acceptors (Lipinski definition) is 7. The molecule has 2 saturated carbocycles. The Morgan fingerprint density at radius 1 is 1.00 bits per heavy atom. The first-order valence-electron chi connectivity index (χ1n) is 15.7. The zero-order valence-corrected chi connectivity index (χ0v) is 27.2. The van der Waals surface area contributed by atoms with Crippen molar-refractivity contribution in [3.8, 4) is 5.75 Å². The van der Waals surface area contributed by atoms with Crippen LogP contribution in [0.25, 0.3) is 0 Å². The van der Waals surface area contributed by atoms with Gasteiger partial charge in [0.15, 0.2) is 5.78 Å². The van der Waals surface area contributed by atoms with Crippen LogP contribution in [0.5, 0.6) is 5.75 Å². The number of likely N-dealkylation sites (tertiary alicyclic amines) is 1. The predicted octanol–water partition coefficient (Wildman–Crippen LogP) is 2.14. The minimum atomic E-state index is -1.11. The fourth-order valence-electron chi connectivity index (χ4n) is 6.63. The molecule has 1 saturated heterocycles. The van der Waals surface area contributed by atoms with Crippen LogP contribution in [0.2, 0.25) is 0 Å². The van der Waals surface area contributed by atoms with E-state index in [1.54, 1.807) is 34.6 Å². The summed E-state index contributed by atoms with van der Waals surface area (Å²) in [6, 6.07) is 1.12. The largest absolute Gasteiger partial charge is 0.508 e. The van der Waals surface area contributed by atoms with E-state index < -0.39 is 59.1 Å². The van der Waals surface area contributed by atoms with Gasteiger partial charge in [0.05, 0.1) is 12.1 Å². The Bertz CT molecular complexity index is 1360. The van der Waals surface area contributed by atoms with E-state index in [-0.39, 0.29) is 40.6 Å². The molecule has 3 fully saturated rings. The number of Topliss-reactive ketones (excluding diaryl/α,β-unsaturated/α-hetero) is 2. The summed E-state index contributed by atoms with van der Waals surface area (Å²) in [5, 5.41) is 17.8. The Morgan fingerprint density at radius 2 is 1.60 bits per heavy atom. The first-order chi connectivity index (χ1) is 20.8. The summed E-state index contributed by atoms with van der Waals surface area (Å²) in [6.07, 6.45) is 2.13. The molecule has 0 bridgehead atoms. The number of nitrogens with two attached hydrogens (primary N) is 1. The summed E-state index contributed by atoms with van der Waals surface area (Å²) in [4.78, 5) is 80.4. The third-order valence-electron chi connectivity index (χ3n) is 9.68. The van der Waals surface area contributed by atoms with Crippen LogP contribution < -0.4 is 21.7 Å². The molecule has 1 aromatic carbocycles. The number of phenols is 1. The first kappa shape index (κ1) is 33.9. The van der Waals surface area contributed by atoms with Crippen molar-refractivity contribution in [3.05, 3.63) is 29.8 Å². The molecule has 246 valence electrons. The van der Waals surface area contributed by atoms with Crippen molar-refractivity contribution >= 4 is 35.3 Å². The number of rotatable bonds is 12. The van der Waals surface area contributed by atoms with Crippen LogP contribution in [0.1, 0.15) is 78.1 Å². The quantitative estimate of drug-likeness (QED) is 0.174. The fourth-order valence-corrected chi connectivity index (χ4v) is 6.63. The highest BCUT2D eigenvalue weighted by Crippen LogP contribution is 2.65. The lowest BCUT2D eigenvalue weighted by Crippen LogP contribution is -2.62. The molecular weight excluding hydrogens is 578 g/mol. The fraction of sp³-hybridized carbons (Fsp3) is 0.636. The molecule has 0 radical (unpaired) electrons. The average molecular weight is 626 g/mol. The number of hydrogen-bond donors (Lipinski definition) is 5. The van der Waals surface area contributed by atoms with Crippen LogP contribution in [0.3, 0.4) is 0 Å². The summed E-state index contributed by atoms with van der Waals surface area (Å²) >= 11 is 0. The van der Waals surface area contributed by atoms with E-state index in [4.69, 9.17) is 5.73 Å². The number of amides is 5. The molecule has 2 aliphatic carbocycles. The van der Waals surface area contributed by atoms with Gasteiger partial charge in [0.25, 0.3) is 5.91 Å². The lowest BCUT2D eigenvalue weighted by molar-refractivity contribution is -0.145. The number of urea groups is 1. The van der Waals surface area contributed by atoms with Gasteiger partial charge in [-0.25, -0.2) is 4.79 Å². The maximum absolute atomic E-state index is 14.2. The number of aromatic hydroxyl groups is 1. The maximum Gasteiger partial charge on any atom is 0.316 e. The van der Waals surface area contributed by atoms with Gasteiger partial charge < -0.3 is 31.7 Å². The highest BCUT2D eigenvalue weighted by Gasteiger charge is 2.70. The number of nitrogens with one attached hydrogen (secondary N) is 3. The van der Waals surface area contributed by atoms with Crippen LogP contribution >= 0.6 is 0 Å². The molecule has 12 heteroatoms. The molecule has 3 aliphatic rings. The van der Waals surface area contributed by atoms with Gasteiger partial charge in [-0.3, -0.25) is 24.0 Å². The summed E-state index contributed by atoms with van der Waals surface area (Å²) < 4.78 is 0. The zero-order chi connectivity index (χ0) is 33.6. The molecule has 5 amide bonds. The van der Waals surface area contributed by atoms with Crippen molar-refractivity contribution < 1.29 is 33.9 Å². The van der Waals surface area contributed by atoms with E-state index in [1.165, 1.54) is 29.2 Å². The molecule has 12 nitrogen and oxygen atoms in total. The van der Waals surface area contributed by atoms with Crippen LogP contribution in [-0.2, 0) is 19.2 Å². The second-order valence-electron chi connectivity index (χ2n) is 14.9. The van der Waals surface area contributed by atoms with Gasteiger partial charge in [0.1, 0.15) is 17.8 Å². The van der Waals surface area contributed by atoms with Crippen LogP contribution in [0.15, 0.2) is 24.3 Å². The molecule has 0 spiro atoms. The van der Waals surface area contributed by atoms with Crippen LogP contribution in [0, 0.1) is 34.5 Å². The highest BCUT2D eigenvalue weighted by atomic mass is 16.3. The van der Waals surface area contributed by atoms with E-state index in [9.17, 15) is 33.9 Å². The smallest absolute Gasteiger partial charge is 0.316 e. The Hall–Kier alpha value is -3.96. The summed E-state index contributed by atoms with van der Waals surface area (Å²) in [6.45, 7) is 13.3. The molecule has 1 heterocycles. The van der Waals surface area contributed by atoms with Crippen molar-refractivity contribution in [1.82, 2.24) is 20.9 Å². The van der Waals surface area contributed by atoms with E-state index in [0.29, 0.717) is 18.5 Å². The zero-order valence-electron chi connectivity index (χ0n) is 27.2. The van der Waals surface area contributed by atoms with Crippen molar-refractivity contribution in [2.75, 3.05) is 6.54 Å². The Balaban J connectivity index is 1.53. The molecule has 6 atom stereocenters. The average Bonchev–Trinajstić information content (AvgIpc) is 3.80. The van der Waals surface area contributed by atoms with Crippen molar-refractivity contribution in [2.45, 2.75) is 91.9 Å². The van der Waals surface area contributed by atoms with Gasteiger partial charge in [-0.15, -0.1) is 0 Å². The van der Waals surface area contributed by atoms with E-state index in [1.807, 2.05) is 13.8 Å². The van der Waals surface area contributed by atoms with Crippen molar-refractivity contribution in [3.63, 3.8) is 0 Å². The Kier molecular flexibility index (Phi) is 9.38. The molecule has 1 aliphatic heterocycles. The normalized spacial score (nSPS) is 23.7. The number of fused-ring (bicyclic) bond motifs is 1. The van der Waals surface area contributed by atoms with Crippen molar-refractivity contribution in [1.29, 1.82) is 0 Å². The second kappa shape index (κ2) is 12.4. The number of ketones is 2. The van der Waals surface area contributed by atoms with Crippen LogP contribution in [0.4, 0.5) is 4.79 Å². The number of primary amides is 1. The minimum absolute atomic E-state index is 0.0118. The highest BCUT2D eigenvalue weighted by molar-refractivity contribution is 6.37. The number of phenolic OH excluding ortho intramolecular Hbond substituents is 1. The summed E-state index contributed by atoms with van der Waals surface area (Å²) in [5.74, 6) is -3.43. The molecule has 4 rings (SSSR count). The van der Waals surface area contributed by atoms with Gasteiger partial charge in [0, 0.05) is 12.1 Å². The predicted molar refractivity (Wildman–Crippen MR) is 166 cm³/mol. The standard InChI is InChI=1S/C33H47N5O7/c1-16(2)23(25(40)18-10-12-19(39)13-11-18)36-31(45)37-27(32(3,4)5)30(44)38-15-20-22(33(20,6)7)24(38)29(43)35-21(14-17-8-9-17)26(41)28(34)42/h10-13,16-17,20-24,27,39H,8-9,14-15H2,1-7H3,(H2,34,42)(H,35,43)(H2,36,37,45)/t20-,21?,22-,23-,24-,27+/m0/s1. The lowest BCUT2D eigenvalue weighted by Gasteiger charge is -2.38. The van der Waals surface area contributed by atoms with Gasteiger partial charge in [0.2, 0.25) is 17.6 Å². The SMILES string of the molecule is CC(C)[C@H](NC(=O)N[C@H](C(=O)N1C[C@H]2[C@@H]([C@H]1C(=O)NC(CC1CC1)C(=O)C(N)=O)C2(C)C)C(C)(C)C)C(=O)c1ccc(O)cc1. The number of carbonyl (C=O) groups excluding carboxylic acids is 6. The third-order valence-corrected chi connectivity index (χ3v) is 9.68. The monoisotopic (exact) mass is 625 g/mol. The van der Waals surface area contributed by atoms with Gasteiger partial charge in [-0.05, 0) is 65.2 Å². The number of benzene rings is 1. The Morgan fingerprint density at radius 3 is 2.11 bits per heavy atom. The topological polar surface area (TPSA) is 188 Å². The first-order valence-corrected chi connectivity index (χ1v) is 15.7. The van der Waals surface area contributed by atoms with E-state index in [0.717, 1.165) is 12.8 Å². The number of nitrogens with zero attached hydrogens (tertiary/aromatic N) is 1. The van der Waals surface area contributed by atoms with Gasteiger partial charge in [-0.2, -0.15) is 0 Å². The number of piperidine rings is 1. The van der Waals surface area contributed by atoms with Gasteiger partial charge >= 0.3 is 6.03 Å².